The second-order valence-corrected chi connectivity index (χ2v) is 17.0. The zero-order chi connectivity index (χ0) is 35.8. The van der Waals surface area contributed by atoms with Gasteiger partial charge in [-0.2, -0.15) is 0 Å². The van der Waals surface area contributed by atoms with Crippen molar-refractivity contribution in [2.75, 3.05) is 0 Å². The zero-order valence-electron chi connectivity index (χ0n) is 30.9. The van der Waals surface area contributed by atoms with Crippen molar-refractivity contribution >= 4 is 64.6 Å². The Bertz CT molecular complexity index is 3100. The summed E-state index contributed by atoms with van der Waals surface area (Å²) in [6.07, 6.45) is 0. The molecule has 10 aromatic rings. The lowest BCUT2D eigenvalue weighted by Crippen LogP contribution is -2.14. The van der Waals surface area contributed by atoms with E-state index in [0.717, 1.165) is 0 Å². The van der Waals surface area contributed by atoms with Gasteiger partial charge < -0.3 is 0 Å². The molecule has 0 fully saturated rings. The Kier molecular flexibility index (Phi) is 6.10. The van der Waals surface area contributed by atoms with Gasteiger partial charge in [0.15, 0.2) is 0 Å². The van der Waals surface area contributed by atoms with Crippen molar-refractivity contribution in [2.45, 2.75) is 45.4 Å². The van der Waals surface area contributed by atoms with Gasteiger partial charge in [0, 0.05) is 5.41 Å². The first-order chi connectivity index (χ1) is 25.6. The van der Waals surface area contributed by atoms with Crippen LogP contribution >= 0.6 is 0 Å². The van der Waals surface area contributed by atoms with Crippen molar-refractivity contribution < 1.29 is 0 Å². The van der Waals surface area contributed by atoms with E-state index in [1.165, 1.54) is 115 Å². The van der Waals surface area contributed by atoms with E-state index in [9.17, 15) is 0 Å². The molecular formula is C53H40. The molecule has 0 nitrogen and oxygen atoms in total. The molecule has 0 aromatic heterocycles. The van der Waals surface area contributed by atoms with Crippen LogP contribution in [0.3, 0.4) is 0 Å². The van der Waals surface area contributed by atoms with E-state index in [1.54, 1.807) is 0 Å². The minimum Gasteiger partial charge on any atom is -0.0619 e. The van der Waals surface area contributed by atoms with Gasteiger partial charge in [0.05, 0.1) is 0 Å². The number of benzene rings is 10. The molecule has 0 atom stereocenters. The highest BCUT2D eigenvalue weighted by Crippen LogP contribution is 2.50. The van der Waals surface area contributed by atoms with Crippen molar-refractivity contribution in [3.63, 3.8) is 0 Å². The number of hydrogen-bond acceptors (Lipinski definition) is 0. The maximum Gasteiger partial charge on any atom is 0.0159 e. The molecule has 0 aliphatic heterocycles. The molecule has 53 heavy (non-hydrogen) atoms. The average Bonchev–Trinajstić information content (AvgIpc) is 3.41. The average molecular weight is 677 g/mol. The molecule has 0 heterocycles. The van der Waals surface area contributed by atoms with E-state index < -0.39 is 0 Å². The molecule has 0 spiro atoms. The van der Waals surface area contributed by atoms with Crippen LogP contribution in [0.25, 0.3) is 98.0 Å². The first-order valence-electron chi connectivity index (χ1n) is 19.0. The molecule has 0 N–H and O–H groups in total. The van der Waals surface area contributed by atoms with Crippen molar-refractivity contribution in [2.24, 2.45) is 0 Å². The molecule has 0 radical (unpaired) electrons. The Labute approximate surface area is 310 Å². The SMILES string of the molecule is CC(C)(C)c1cc2ccc3cc(-c4ccc5ccc6c7cc(-c8ccc9c(c8)C(C)(C)c8ccccc8-9)ccc7ccc6c5c4)cc4ccc(c1)c2c34. The molecule has 11 rings (SSSR count). The minimum atomic E-state index is -0.0198. The van der Waals surface area contributed by atoms with Crippen LogP contribution in [0, 0.1) is 0 Å². The Morgan fingerprint density at radius 3 is 1.40 bits per heavy atom. The quantitative estimate of drug-likeness (QED) is 0.160. The van der Waals surface area contributed by atoms with Gasteiger partial charge in [-0.25, -0.2) is 0 Å². The number of hydrogen-bond donors (Lipinski definition) is 0. The highest BCUT2D eigenvalue weighted by molar-refractivity contribution is 6.24. The lowest BCUT2D eigenvalue weighted by atomic mass is 9.81. The first-order valence-corrected chi connectivity index (χ1v) is 19.0. The fourth-order valence-electron chi connectivity index (χ4n) is 9.55. The van der Waals surface area contributed by atoms with Crippen LogP contribution < -0.4 is 0 Å². The smallest absolute Gasteiger partial charge is 0.0159 e. The summed E-state index contributed by atoms with van der Waals surface area (Å²) in [5, 5.41) is 15.7. The molecule has 1 aliphatic rings. The second kappa shape index (κ2) is 10.6. The predicted octanol–water partition coefficient (Wildman–Crippen LogP) is 15.0. The van der Waals surface area contributed by atoms with Crippen molar-refractivity contribution in [3.05, 3.63) is 168 Å². The van der Waals surface area contributed by atoms with Gasteiger partial charge in [0.1, 0.15) is 0 Å². The maximum atomic E-state index is 2.43. The summed E-state index contributed by atoms with van der Waals surface area (Å²) < 4.78 is 0. The highest BCUT2D eigenvalue weighted by atomic mass is 14.4. The van der Waals surface area contributed by atoms with Crippen LogP contribution in [0.2, 0.25) is 0 Å². The fraction of sp³-hybridized carbons (Fsp3) is 0.132. The third-order valence-electron chi connectivity index (χ3n) is 12.5. The molecule has 0 bridgehead atoms. The molecular weight excluding hydrogens is 637 g/mol. The van der Waals surface area contributed by atoms with Gasteiger partial charge >= 0.3 is 0 Å². The summed E-state index contributed by atoms with van der Waals surface area (Å²) in [7, 11) is 0. The van der Waals surface area contributed by atoms with Crippen molar-refractivity contribution in [3.8, 4) is 33.4 Å². The Morgan fingerprint density at radius 1 is 0.358 bits per heavy atom. The third kappa shape index (κ3) is 4.42. The third-order valence-corrected chi connectivity index (χ3v) is 12.5. The van der Waals surface area contributed by atoms with Crippen LogP contribution in [-0.2, 0) is 10.8 Å². The van der Waals surface area contributed by atoms with E-state index in [2.05, 4.69) is 186 Å². The zero-order valence-corrected chi connectivity index (χ0v) is 30.9. The minimum absolute atomic E-state index is 0.0198. The van der Waals surface area contributed by atoms with E-state index in [-0.39, 0.29) is 10.8 Å². The van der Waals surface area contributed by atoms with E-state index in [0.29, 0.717) is 0 Å². The standard InChI is InChI=1S/C53H40/c1-52(2,3)41-26-38-16-14-36-24-40(25-37-15-17-39(27-41)51(38)50(36)37)34-13-11-32-19-21-42-43(47(32)29-34)22-18-31-10-12-33(28-46(31)42)35-20-23-45-44-8-6-7-9-48(44)53(4,5)49(45)30-35/h6-30H,1-5H3. The summed E-state index contributed by atoms with van der Waals surface area (Å²) in [5.41, 5.74) is 12.1. The molecule has 1 aliphatic carbocycles. The molecule has 0 saturated heterocycles. The van der Waals surface area contributed by atoms with Crippen molar-refractivity contribution in [1.82, 2.24) is 0 Å². The molecule has 0 unspecified atom stereocenters. The Hall–Kier alpha value is -5.98. The molecule has 252 valence electrons. The van der Waals surface area contributed by atoms with Gasteiger partial charge in [-0.1, -0.05) is 156 Å². The number of rotatable bonds is 2. The first kappa shape index (κ1) is 30.6. The molecule has 0 amide bonds. The Balaban J connectivity index is 1.04. The predicted molar refractivity (Wildman–Crippen MR) is 230 cm³/mol. The van der Waals surface area contributed by atoms with Crippen molar-refractivity contribution in [1.29, 1.82) is 0 Å². The van der Waals surface area contributed by atoms with Crippen LogP contribution in [0.4, 0.5) is 0 Å². The second-order valence-electron chi connectivity index (χ2n) is 17.0. The molecule has 10 aromatic carbocycles. The highest BCUT2D eigenvalue weighted by Gasteiger charge is 2.35. The summed E-state index contributed by atoms with van der Waals surface area (Å²) in [5.74, 6) is 0. The van der Waals surface area contributed by atoms with Gasteiger partial charge in [0.25, 0.3) is 0 Å². The maximum absolute atomic E-state index is 2.43. The normalized spacial score (nSPS) is 13.9. The molecule has 0 saturated carbocycles. The van der Waals surface area contributed by atoms with Gasteiger partial charge in [-0.15, -0.1) is 0 Å². The van der Waals surface area contributed by atoms with Gasteiger partial charge in [-0.3, -0.25) is 0 Å². The van der Waals surface area contributed by atoms with Crippen LogP contribution in [0.15, 0.2) is 152 Å². The molecule has 0 heteroatoms. The van der Waals surface area contributed by atoms with Gasteiger partial charge in [-0.05, 0) is 150 Å². The van der Waals surface area contributed by atoms with Gasteiger partial charge in [0.2, 0.25) is 0 Å². The summed E-state index contributed by atoms with van der Waals surface area (Å²) >= 11 is 0. The number of fused-ring (bicyclic) bond motifs is 8. The van der Waals surface area contributed by atoms with Crippen LogP contribution in [0.5, 0.6) is 0 Å². The monoisotopic (exact) mass is 676 g/mol. The van der Waals surface area contributed by atoms with E-state index in [1.807, 2.05) is 0 Å². The lowest BCUT2D eigenvalue weighted by Gasteiger charge is -2.22. The lowest BCUT2D eigenvalue weighted by molar-refractivity contribution is 0.591. The summed E-state index contributed by atoms with van der Waals surface area (Å²) in [6.45, 7) is 11.6. The van der Waals surface area contributed by atoms with E-state index >= 15 is 0 Å². The van der Waals surface area contributed by atoms with E-state index in [4.69, 9.17) is 0 Å². The van der Waals surface area contributed by atoms with Crippen LogP contribution in [-0.4, -0.2) is 0 Å². The largest absolute Gasteiger partial charge is 0.0619 e. The van der Waals surface area contributed by atoms with Crippen LogP contribution in [0.1, 0.15) is 51.3 Å². The summed E-state index contributed by atoms with van der Waals surface area (Å²) in [4.78, 5) is 0. The Morgan fingerprint density at radius 2 is 0.811 bits per heavy atom. The fourth-order valence-corrected chi connectivity index (χ4v) is 9.55. The topological polar surface area (TPSA) is 0 Å². The summed E-state index contributed by atoms with van der Waals surface area (Å²) in [6, 6.07) is 58.1.